The SMILES string of the molecule is CCOc1ccc2[nH]c(=O)c([C@@H](c3nnnn3C(C)(C)CC)N(CC)Cc3ccccc3)cc2c1. The lowest BCUT2D eigenvalue weighted by Crippen LogP contribution is -2.38. The summed E-state index contributed by atoms with van der Waals surface area (Å²) < 4.78 is 7.57. The normalized spacial score (nSPS) is 12.9. The Morgan fingerprint density at radius 2 is 1.86 bits per heavy atom. The maximum atomic E-state index is 13.5. The number of aromatic amines is 1. The fraction of sp³-hybridized carbons (Fsp3) is 0.407. The van der Waals surface area contributed by atoms with Crippen LogP contribution in [0.2, 0.25) is 0 Å². The first-order valence-corrected chi connectivity index (χ1v) is 12.2. The second-order valence-electron chi connectivity index (χ2n) is 9.30. The minimum atomic E-state index is -0.440. The van der Waals surface area contributed by atoms with Gasteiger partial charge in [-0.1, -0.05) is 44.2 Å². The largest absolute Gasteiger partial charge is 0.494 e. The van der Waals surface area contributed by atoms with Crippen LogP contribution in [-0.2, 0) is 12.1 Å². The molecule has 2 aromatic carbocycles. The van der Waals surface area contributed by atoms with Crippen molar-refractivity contribution in [2.75, 3.05) is 13.2 Å². The van der Waals surface area contributed by atoms with Gasteiger partial charge in [-0.05, 0) is 74.0 Å². The number of pyridine rings is 1. The van der Waals surface area contributed by atoms with Crippen LogP contribution in [0.4, 0.5) is 0 Å². The summed E-state index contributed by atoms with van der Waals surface area (Å²) in [6.45, 7) is 12.3. The molecule has 184 valence electrons. The number of tetrazole rings is 1. The van der Waals surface area contributed by atoms with E-state index in [1.807, 2.05) is 54.1 Å². The van der Waals surface area contributed by atoms with Crippen LogP contribution in [0.25, 0.3) is 10.9 Å². The van der Waals surface area contributed by atoms with Crippen LogP contribution in [0.1, 0.15) is 64.0 Å². The molecule has 0 amide bonds. The maximum Gasteiger partial charge on any atom is 0.253 e. The van der Waals surface area contributed by atoms with E-state index in [9.17, 15) is 4.79 Å². The molecule has 0 bridgehead atoms. The summed E-state index contributed by atoms with van der Waals surface area (Å²) in [6, 6.07) is 17.5. The second-order valence-corrected chi connectivity index (χ2v) is 9.30. The molecule has 2 heterocycles. The minimum Gasteiger partial charge on any atom is -0.494 e. The van der Waals surface area contributed by atoms with Crippen molar-refractivity contribution in [1.82, 2.24) is 30.1 Å². The van der Waals surface area contributed by atoms with Crippen LogP contribution in [0.15, 0.2) is 59.4 Å². The topological polar surface area (TPSA) is 88.9 Å². The lowest BCUT2D eigenvalue weighted by molar-refractivity contribution is 0.197. The highest BCUT2D eigenvalue weighted by atomic mass is 16.5. The molecule has 8 heteroatoms. The molecule has 35 heavy (non-hydrogen) atoms. The molecule has 1 atom stereocenters. The molecular weight excluding hydrogens is 440 g/mol. The molecule has 0 unspecified atom stereocenters. The van der Waals surface area contributed by atoms with E-state index in [0.717, 1.165) is 28.6 Å². The van der Waals surface area contributed by atoms with Crippen molar-refractivity contribution < 1.29 is 4.74 Å². The van der Waals surface area contributed by atoms with E-state index in [1.165, 1.54) is 0 Å². The quantitative estimate of drug-likeness (QED) is 0.359. The van der Waals surface area contributed by atoms with Gasteiger partial charge in [-0.25, -0.2) is 4.68 Å². The zero-order valence-corrected chi connectivity index (χ0v) is 21.2. The predicted octanol–water partition coefficient (Wildman–Crippen LogP) is 4.67. The van der Waals surface area contributed by atoms with Gasteiger partial charge in [0.1, 0.15) is 11.8 Å². The van der Waals surface area contributed by atoms with E-state index in [2.05, 4.69) is 65.2 Å². The Kier molecular flexibility index (Phi) is 7.31. The van der Waals surface area contributed by atoms with E-state index in [4.69, 9.17) is 4.74 Å². The van der Waals surface area contributed by atoms with E-state index in [0.29, 0.717) is 31.1 Å². The number of hydrogen-bond donors (Lipinski definition) is 1. The summed E-state index contributed by atoms with van der Waals surface area (Å²) >= 11 is 0. The minimum absolute atomic E-state index is 0.151. The molecule has 0 aliphatic heterocycles. The van der Waals surface area contributed by atoms with E-state index < -0.39 is 6.04 Å². The number of hydrogen-bond acceptors (Lipinski definition) is 6. The van der Waals surface area contributed by atoms with Crippen molar-refractivity contribution in [3.8, 4) is 5.75 Å². The molecule has 0 spiro atoms. The number of ether oxygens (including phenoxy) is 1. The molecule has 4 rings (SSSR count). The Morgan fingerprint density at radius 1 is 1.09 bits per heavy atom. The van der Waals surface area contributed by atoms with Gasteiger partial charge in [0.15, 0.2) is 5.82 Å². The summed E-state index contributed by atoms with van der Waals surface area (Å²) in [7, 11) is 0. The second kappa shape index (κ2) is 10.4. The van der Waals surface area contributed by atoms with Gasteiger partial charge in [-0.15, -0.1) is 5.10 Å². The van der Waals surface area contributed by atoms with E-state index in [1.54, 1.807) is 0 Å². The molecule has 4 aromatic rings. The van der Waals surface area contributed by atoms with Crippen molar-refractivity contribution in [2.24, 2.45) is 0 Å². The van der Waals surface area contributed by atoms with Crippen molar-refractivity contribution >= 4 is 10.9 Å². The Labute approximate surface area is 205 Å². The number of nitrogens with zero attached hydrogens (tertiary/aromatic N) is 5. The Hall–Kier alpha value is -3.52. The summed E-state index contributed by atoms with van der Waals surface area (Å²) in [5.41, 5.74) is 2.06. The number of fused-ring (bicyclic) bond motifs is 1. The molecule has 0 aliphatic rings. The molecule has 2 aromatic heterocycles. The number of benzene rings is 2. The van der Waals surface area contributed by atoms with Crippen molar-refractivity contribution in [2.45, 2.75) is 59.2 Å². The van der Waals surface area contributed by atoms with Crippen LogP contribution in [0.3, 0.4) is 0 Å². The summed E-state index contributed by atoms with van der Waals surface area (Å²) in [5.74, 6) is 1.42. The average molecular weight is 475 g/mol. The monoisotopic (exact) mass is 474 g/mol. The third-order valence-electron chi connectivity index (χ3n) is 6.63. The molecular formula is C27H34N6O2. The number of H-pyrrole nitrogens is 1. The van der Waals surface area contributed by atoms with Crippen LogP contribution in [0.5, 0.6) is 5.75 Å². The molecule has 0 radical (unpaired) electrons. The van der Waals surface area contributed by atoms with Crippen molar-refractivity contribution in [3.63, 3.8) is 0 Å². The summed E-state index contributed by atoms with van der Waals surface area (Å²) in [5, 5.41) is 13.8. The average Bonchev–Trinajstić information content (AvgIpc) is 3.35. The van der Waals surface area contributed by atoms with Gasteiger partial charge in [0.25, 0.3) is 5.56 Å². The highest BCUT2D eigenvalue weighted by Gasteiger charge is 2.33. The Bertz CT molecular complexity index is 1330. The molecule has 1 N–H and O–H groups in total. The van der Waals surface area contributed by atoms with Crippen LogP contribution in [-0.4, -0.2) is 43.2 Å². The van der Waals surface area contributed by atoms with Gasteiger partial charge >= 0.3 is 0 Å². The van der Waals surface area contributed by atoms with Gasteiger partial charge in [0, 0.05) is 23.0 Å². The molecule has 0 saturated heterocycles. The zero-order valence-electron chi connectivity index (χ0n) is 21.2. The highest BCUT2D eigenvalue weighted by Crippen LogP contribution is 2.32. The smallest absolute Gasteiger partial charge is 0.253 e. The molecule has 0 fully saturated rings. The van der Waals surface area contributed by atoms with Crippen molar-refractivity contribution in [1.29, 1.82) is 0 Å². The van der Waals surface area contributed by atoms with Gasteiger partial charge in [-0.3, -0.25) is 9.69 Å². The Morgan fingerprint density at radius 3 is 2.54 bits per heavy atom. The zero-order chi connectivity index (χ0) is 25.0. The number of nitrogens with one attached hydrogen (secondary N) is 1. The number of rotatable bonds is 10. The molecule has 0 saturated carbocycles. The molecule has 0 aliphatic carbocycles. The first-order chi connectivity index (χ1) is 16.9. The lowest BCUT2D eigenvalue weighted by atomic mass is 9.99. The summed E-state index contributed by atoms with van der Waals surface area (Å²) in [6.07, 6.45) is 0.842. The first kappa shape index (κ1) is 24.6. The third kappa shape index (κ3) is 5.12. The maximum absolute atomic E-state index is 13.5. The van der Waals surface area contributed by atoms with Gasteiger partial charge in [0.05, 0.1) is 12.1 Å². The standard InChI is InChI=1S/C27H34N6O2/c1-6-27(4,5)33-25(29-30-31-33)24(32(7-2)18-19-12-10-9-11-13-19)22-17-20-16-21(35-8-3)14-15-23(20)28-26(22)34/h9-17,24H,6-8,18H2,1-5H3,(H,28,34)/t24-/m0/s1. The summed E-state index contributed by atoms with van der Waals surface area (Å²) in [4.78, 5) is 18.8. The van der Waals surface area contributed by atoms with Crippen LogP contribution in [0, 0.1) is 0 Å². The van der Waals surface area contributed by atoms with Gasteiger partial charge in [-0.2, -0.15) is 0 Å². The fourth-order valence-electron chi connectivity index (χ4n) is 4.31. The van der Waals surface area contributed by atoms with Gasteiger partial charge < -0.3 is 9.72 Å². The predicted molar refractivity (Wildman–Crippen MR) is 138 cm³/mol. The van der Waals surface area contributed by atoms with E-state index >= 15 is 0 Å². The third-order valence-corrected chi connectivity index (χ3v) is 6.63. The highest BCUT2D eigenvalue weighted by molar-refractivity contribution is 5.80. The Balaban J connectivity index is 1.91. The van der Waals surface area contributed by atoms with Crippen molar-refractivity contribution in [3.05, 3.63) is 81.9 Å². The first-order valence-electron chi connectivity index (χ1n) is 12.2. The van der Waals surface area contributed by atoms with Gasteiger partial charge in [0.2, 0.25) is 0 Å². The lowest BCUT2D eigenvalue weighted by Gasteiger charge is -2.33. The fourth-order valence-corrected chi connectivity index (χ4v) is 4.31. The van der Waals surface area contributed by atoms with Crippen LogP contribution < -0.4 is 10.3 Å². The molecule has 8 nitrogen and oxygen atoms in total. The van der Waals surface area contributed by atoms with E-state index in [-0.39, 0.29) is 11.1 Å². The van der Waals surface area contributed by atoms with Crippen LogP contribution >= 0.6 is 0 Å². The number of aromatic nitrogens is 5.